The van der Waals surface area contributed by atoms with Gasteiger partial charge in [0.1, 0.15) is 0 Å². The first-order chi connectivity index (χ1) is 11.6. The Bertz CT molecular complexity index is 793. The van der Waals surface area contributed by atoms with E-state index in [9.17, 15) is 13.6 Å². The third kappa shape index (κ3) is 2.59. The summed E-state index contributed by atoms with van der Waals surface area (Å²) in [6.07, 6.45) is 1.03. The lowest BCUT2D eigenvalue weighted by Gasteiger charge is -2.44. The van der Waals surface area contributed by atoms with Crippen LogP contribution in [0.15, 0.2) is 42.5 Å². The Morgan fingerprint density at radius 2 is 1.83 bits per heavy atom. The van der Waals surface area contributed by atoms with Crippen LogP contribution in [0.2, 0.25) is 0 Å². The number of hydrogen-bond donors (Lipinski definition) is 0. The maximum absolute atomic E-state index is 13.4. The van der Waals surface area contributed by atoms with Crippen LogP contribution in [0.3, 0.4) is 0 Å². The molecular formula is C19H18F2N2O. The third-order valence-corrected chi connectivity index (χ3v) is 5.03. The minimum absolute atomic E-state index is 0.179. The Morgan fingerprint density at radius 1 is 1.00 bits per heavy atom. The quantitative estimate of drug-likeness (QED) is 0.803. The van der Waals surface area contributed by atoms with Gasteiger partial charge in [-0.1, -0.05) is 24.3 Å². The molecule has 0 spiro atoms. The first kappa shape index (κ1) is 15.3. The van der Waals surface area contributed by atoms with Crippen molar-refractivity contribution in [3.05, 3.63) is 70.8 Å². The van der Waals surface area contributed by atoms with Gasteiger partial charge in [0.15, 0.2) is 11.6 Å². The Kier molecular flexibility index (Phi) is 3.81. The molecule has 2 aromatic rings. The predicted octanol–water partition coefficient (Wildman–Crippen LogP) is 3.02. The van der Waals surface area contributed by atoms with E-state index in [-0.39, 0.29) is 17.5 Å². The minimum Gasteiger partial charge on any atom is -0.335 e. The van der Waals surface area contributed by atoms with Crippen molar-refractivity contribution in [2.45, 2.75) is 12.5 Å². The van der Waals surface area contributed by atoms with E-state index in [1.165, 1.54) is 17.2 Å². The van der Waals surface area contributed by atoms with Gasteiger partial charge in [-0.15, -0.1) is 0 Å². The van der Waals surface area contributed by atoms with E-state index < -0.39 is 11.6 Å². The summed E-state index contributed by atoms with van der Waals surface area (Å²) in [4.78, 5) is 16.8. The number of halogens is 2. The van der Waals surface area contributed by atoms with Gasteiger partial charge in [0.2, 0.25) is 0 Å². The smallest absolute Gasteiger partial charge is 0.254 e. The van der Waals surface area contributed by atoms with Crippen molar-refractivity contribution in [1.82, 2.24) is 9.80 Å². The zero-order chi connectivity index (χ0) is 16.7. The van der Waals surface area contributed by atoms with Crippen LogP contribution in [0.1, 0.15) is 27.5 Å². The average molecular weight is 328 g/mol. The highest BCUT2D eigenvalue weighted by Gasteiger charge is 2.34. The molecule has 1 unspecified atom stereocenters. The molecule has 24 heavy (non-hydrogen) atoms. The predicted molar refractivity (Wildman–Crippen MR) is 86.7 cm³/mol. The molecule has 0 bridgehead atoms. The third-order valence-electron chi connectivity index (χ3n) is 5.03. The van der Waals surface area contributed by atoms with Crippen LogP contribution in [0.4, 0.5) is 8.78 Å². The Labute approximate surface area is 139 Å². The van der Waals surface area contributed by atoms with E-state index in [4.69, 9.17) is 0 Å². The van der Waals surface area contributed by atoms with E-state index >= 15 is 0 Å². The molecule has 1 saturated heterocycles. The first-order valence-electron chi connectivity index (χ1n) is 8.19. The van der Waals surface area contributed by atoms with Crippen molar-refractivity contribution < 1.29 is 13.6 Å². The van der Waals surface area contributed by atoms with E-state index in [2.05, 4.69) is 17.0 Å². The topological polar surface area (TPSA) is 23.6 Å². The maximum Gasteiger partial charge on any atom is 0.254 e. The van der Waals surface area contributed by atoms with Crippen LogP contribution in [0, 0.1) is 11.6 Å². The van der Waals surface area contributed by atoms with E-state index in [1.54, 1.807) is 4.90 Å². The van der Waals surface area contributed by atoms with Gasteiger partial charge < -0.3 is 4.90 Å². The van der Waals surface area contributed by atoms with Crippen LogP contribution in [-0.4, -0.2) is 41.9 Å². The number of hydrogen-bond acceptors (Lipinski definition) is 2. The number of fused-ring (bicyclic) bond motifs is 3. The summed E-state index contributed by atoms with van der Waals surface area (Å²) < 4.78 is 26.5. The lowest BCUT2D eigenvalue weighted by molar-refractivity contribution is 0.0453. The highest BCUT2D eigenvalue weighted by Crippen LogP contribution is 2.32. The molecule has 2 aliphatic heterocycles. The average Bonchev–Trinajstić information content (AvgIpc) is 2.63. The molecular weight excluding hydrogens is 310 g/mol. The summed E-state index contributed by atoms with van der Waals surface area (Å²) in [5.74, 6) is -2.16. The van der Waals surface area contributed by atoms with Gasteiger partial charge in [-0.3, -0.25) is 9.69 Å². The fourth-order valence-corrected chi connectivity index (χ4v) is 3.73. The second kappa shape index (κ2) is 5.98. The van der Waals surface area contributed by atoms with Gasteiger partial charge >= 0.3 is 0 Å². The number of piperazine rings is 1. The van der Waals surface area contributed by atoms with Gasteiger partial charge in [-0.25, -0.2) is 8.78 Å². The number of nitrogens with zero attached hydrogens (tertiary/aromatic N) is 2. The van der Waals surface area contributed by atoms with E-state index in [0.717, 1.165) is 31.6 Å². The number of amides is 1. The summed E-state index contributed by atoms with van der Waals surface area (Å²) in [6.45, 7) is 2.98. The molecule has 5 heteroatoms. The number of rotatable bonds is 1. The van der Waals surface area contributed by atoms with Crippen molar-refractivity contribution in [2.24, 2.45) is 0 Å². The van der Waals surface area contributed by atoms with Gasteiger partial charge in [0, 0.05) is 31.7 Å². The molecule has 1 amide bonds. The van der Waals surface area contributed by atoms with Crippen LogP contribution >= 0.6 is 0 Å². The van der Waals surface area contributed by atoms with Crippen molar-refractivity contribution >= 4 is 5.91 Å². The van der Waals surface area contributed by atoms with Gasteiger partial charge in [0.05, 0.1) is 6.04 Å². The number of benzene rings is 2. The maximum atomic E-state index is 13.4. The summed E-state index contributed by atoms with van der Waals surface area (Å²) in [5.41, 5.74) is 2.80. The molecule has 2 aromatic carbocycles. The molecule has 1 fully saturated rings. The SMILES string of the molecule is O=C(c1ccc(F)c(F)c1)N1CCN2CCc3ccccc3C2C1. The number of carbonyl (C=O) groups excluding carboxylic acids is 1. The monoisotopic (exact) mass is 328 g/mol. The standard InChI is InChI=1S/C19H18F2N2O/c20-16-6-5-14(11-17(16)21)19(24)23-10-9-22-8-7-13-3-1-2-4-15(13)18(22)12-23/h1-6,11,18H,7-10,12H2. The normalized spacial score (nSPS) is 20.4. The molecule has 4 rings (SSSR count). The molecule has 0 aliphatic carbocycles. The molecule has 124 valence electrons. The number of carbonyl (C=O) groups is 1. The summed E-state index contributed by atoms with van der Waals surface area (Å²) >= 11 is 0. The molecule has 0 saturated carbocycles. The molecule has 0 radical (unpaired) electrons. The van der Waals surface area contributed by atoms with Gasteiger partial charge in [-0.05, 0) is 35.7 Å². The van der Waals surface area contributed by atoms with Crippen molar-refractivity contribution in [3.8, 4) is 0 Å². The zero-order valence-electron chi connectivity index (χ0n) is 13.2. The molecule has 3 nitrogen and oxygen atoms in total. The molecule has 1 atom stereocenters. The van der Waals surface area contributed by atoms with Crippen LogP contribution in [-0.2, 0) is 6.42 Å². The lowest BCUT2D eigenvalue weighted by atomic mass is 9.91. The Hall–Kier alpha value is -2.27. The van der Waals surface area contributed by atoms with Crippen molar-refractivity contribution in [3.63, 3.8) is 0 Å². The van der Waals surface area contributed by atoms with Gasteiger partial charge in [-0.2, -0.15) is 0 Å². The zero-order valence-corrected chi connectivity index (χ0v) is 13.2. The fraction of sp³-hybridized carbons (Fsp3) is 0.316. The van der Waals surface area contributed by atoms with Crippen LogP contribution in [0.25, 0.3) is 0 Å². The largest absolute Gasteiger partial charge is 0.335 e. The minimum atomic E-state index is -0.984. The fourth-order valence-electron chi connectivity index (χ4n) is 3.73. The van der Waals surface area contributed by atoms with Crippen molar-refractivity contribution in [1.29, 1.82) is 0 Å². The van der Waals surface area contributed by atoms with Crippen molar-refractivity contribution in [2.75, 3.05) is 26.2 Å². The first-order valence-corrected chi connectivity index (χ1v) is 8.19. The Balaban J connectivity index is 1.59. The molecule has 0 N–H and O–H groups in total. The van der Waals surface area contributed by atoms with Gasteiger partial charge in [0.25, 0.3) is 5.91 Å². The van der Waals surface area contributed by atoms with Crippen LogP contribution in [0.5, 0.6) is 0 Å². The van der Waals surface area contributed by atoms with Crippen LogP contribution < -0.4 is 0 Å². The highest BCUT2D eigenvalue weighted by molar-refractivity contribution is 5.94. The Morgan fingerprint density at radius 3 is 2.67 bits per heavy atom. The molecule has 0 aromatic heterocycles. The second-order valence-electron chi connectivity index (χ2n) is 6.38. The summed E-state index contributed by atoms with van der Waals surface area (Å²) in [7, 11) is 0. The molecule has 2 aliphatic rings. The van der Waals surface area contributed by atoms with E-state index in [1.807, 2.05) is 12.1 Å². The lowest BCUT2D eigenvalue weighted by Crippen LogP contribution is -2.52. The van der Waals surface area contributed by atoms with E-state index in [0.29, 0.717) is 13.1 Å². The summed E-state index contributed by atoms with van der Waals surface area (Å²) in [5, 5.41) is 0. The highest BCUT2D eigenvalue weighted by atomic mass is 19.2. The summed E-state index contributed by atoms with van der Waals surface area (Å²) in [6, 6.07) is 11.9. The second-order valence-corrected chi connectivity index (χ2v) is 6.38. The molecule has 2 heterocycles.